The van der Waals surface area contributed by atoms with Gasteiger partial charge in [0.05, 0.1) is 11.2 Å². The summed E-state index contributed by atoms with van der Waals surface area (Å²) >= 11 is 7.97. The Kier molecular flexibility index (Phi) is 9.04. The van der Waals surface area contributed by atoms with Gasteiger partial charge in [-0.2, -0.15) is 0 Å². The number of sulfonamides is 1. The third-order valence-electron chi connectivity index (χ3n) is 5.47. The highest BCUT2D eigenvalue weighted by atomic mass is 35.5. The molecule has 0 radical (unpaired) electrons. The zero-order valence-corrected chi connectivity index (χ0v) is 22.0. The van der Waals surface area contributed by atoms with Crippen LogP contribution in [0.5, 0.6) is 0 Å². The standard InChI is InChI=1S/C27H24ClFN2O4S2/c28-24-8-4-9-25(29)23(24)19-31(15-17-36-21-6-2-1-3-7-21)18-20-11-13-22(14-12-20)37(33,34)30-27(32)26-10-5-16-35-26/h1-14,16H,15,17-19H2,(H,30,32). The van der Waals surface area contributed by atoms with Crippen molar-refractivity contribution >= 4 is 39.3 Å². The SMILES string of the molecule is O=C(NS(=O)(=O)c1ccc(CN(CCSc2ccccc2)Cc2c(F)cccc2Cl)cc1)c1ccco1. The smallest absolute Gasteiger partial charge is 0.300 e. The lowest BCUT2D eigenvalue weighted by atomic mass is 10.1. The Morgan fingerprint density at radius 2 is 1.70 bits per heavy atom. The predicted octanol–water partition coefficient (Wildman–Crippen LogP) is 5.99. The first-order valence-corrected chi connectivity index (χ1v) is 14.2. The van der Waals surface area contributed by atoms with Gasteiger partial charge in [-0.25, -0.2) is 17.5 Å². The van der Waals surface area contributed by atoms with Crippen LogP contribution in [-0.4, -0.2) is 31.5 Å². The fourth-order valence-electron chi connectivity index (χ4n) is 3.60. The zero-order chi connectivity index (χ0) is 26.3. The van der Waals surface area contributed by atoms with Gasteiger partial charge in [-0.15, -0.1) is 11.8 Å². The van der Waals surface area contributed by atoms with Gasteiger partial charge in [0, 0.05) is 40.9 Å². The number of benzene rings is 3. The molecule has 0 aliphatic rings. The molecule has 0 aliphatic heterocycles. The Balaban J connectivity index is 1.46. The second-order valence-electron chi connectivity index (χ2n) is 8.13. The molecule has 0 spiro atoms. The Hall–Kier alpha value is -3.11. The highest BCUT2D eigenvalue weighted by molar-refractivity contribution is 7.99. The molecule has 3 aromatic carbocycles. The van der Waals surface area contributed by atoms with Crippen LogP contribution in [0.2, 0.25) is 5.02 Å². The van der Waals surface area contributed by atoms with Gasteiger partial charge in [-0.1, -0.05) is 48.0 Å². The van der Waals surface area contributed by atoms with E-state index in [0.717, 1.165) is 16.2 Å². The summed E-state index contributed by atoms with van der Waals surface area (Å²) in [5.41, 5.74) is 1.24. The van der Waals surface area contributed by atoms with Crippen LogP contribution in [-0.2, 0) is 23.1 Å². The van der Waals surface area contributed by atoms with Crippen LogP contribution in [0, 0.1) is 5.82 Å². The second kappa shape index (κ2) is 12.4. The molecule has 0 atom stereocenters. The Labute approximate surface area is 224 Å². The number of furan rings is 1. The van der Waals surface area contributed by atoms with E-state index in [-0.39, 0.29) is 16.5 Å². The van der Waals surface area contributed by atoms with Crippen molar-refractivity contribution in [3.63, 3.8) is 0 Å². The molecule has 4 rings (SSSR count). The fraction of sp³-hybridized carbons (Fsp3) is 0.148. The maximum absolute atomic E-state index is 14.5. The van der Waals surface area contributed by atoms with Crippen LogP contribution in [0.4, 0.5) is 4.39 Å². The molecule has 1 amide bonds. The Morgan fingerprint density at radius 1 is 0.946 bits per heavy atom. The first kappa shape index (κ1) is 26.9. The highest BCUT2D eigenvalue weighted by Gasteiger charge is 2.20. The molecule has 10 heteroatoms. The van der Waals surface area contributed by atoms with E-state index in [0.29, 0.717) is 30.2 Å². The van der Waals surface area contributed by atoms with Gasteiger partial charge in [0.1, 0.15) is 5.82 Å². The molecule has 1 heterocycles. The van der Waals surface area contributed by atoms with Gasteiger partial charge in [-0.05, 0) is 54.1 Å². The van der Waals surface area contributed by atoms with E-state index in [9.17, 15) is 17.6 Å². The molecule has 0 unspecified atom stereocenters. The van der Waals surface area contributed by atoms with Crippen molar-refractivity contribution < 1.29 is 22.0 Å². The highest BCUT2D eigenvalue weighted by Crippen LogP contribution is 2.24. The number of amides is 1. The molecule has 6 nitrogen and oxygen atoms in total. The van der Waals surface area contributed by atoms with Gasteiger partial charge in [0.15, 0.2) is 5.76 Å². The van der Waals surface area contributed by atoms with E-state index < -0.39 is 15.9 Å². The number of thioether (sulfide) groups is 1. The summed E-state index contributed by atoms with van der Waals surface area (Å²) in [6.45, 7) is 1.38. The number of nitrogens with zero attached hydrogens (tertiary/aromatic N) is 1. The van der Waals surface area contributed by atoms with Crippen LogP contribution < -0.4 is 4.72 Å². The van der Waals surface area contributed by atoms with Gasteiger partial charge >= 0.3 is 5.91 Å². The van der Waals surface area contributed by atoms with Crippen LogP contribution >= 0.6 is 23.4 Å². The van der Waals surface area contributed by atoms with E-state index in [4.69, 9.17) is 16.0 Å². The van der Waals surface area contributed by atoms with Gasteiger partial charge in [0.25, 0.3) is 10.0 Å². The normalized spacial score (nSPS) is 11.5. The molecule has 0 bridgehead atoms. The van der Waals surface area contributed by atoms with Crippen molar-refractivity contribution in [2.24, 2.45) is 0 Å². The first-order valence-electron chi connectivity index (χ1n) is 11.3. The van der Waals surface area contributed by atoms with Crippen molar-refractivity contribution in [1.29, 1.82) is 0 Å². The van der Waals surface area contributed by atoms with E-state index >= 15 is 0 Å². The summed E-state index contributed by atoms with van der Waals surface area (Å²) in [7, 11) is -4.08. The van der Waals surface area contributed by atoms with Crippen molar-refractivity contribution in [2.75, 3.05) is 12.3 Å². The third-order valence-corrected chi connectivity index (χ3v) is 8.17. The molecular weight excluding hydrogens is 535 g/mol. The minimum atomic E-state index is -4.08. The largest absolute Gasteiger partial charge is 0.459 e. The van der Waals surface area contributed by atoms with E-state index in [2.05, 4.69) is 4.90 Å². The fourth-order valence-corrected chi connectivity index (χ4v) is 5.72. The number of carbonyl (C=O) groups is 1. The molecule has 0 aliphatic carbocycles. The van der Waals surface area contributed by atoms with Crippen molar-refractivity contribution in [3.8, 4) is 0 Å². The molecule has 4 aromatic rings. The van der Waals surface area contributed by atoms with E-state index in [1.807, 2.05) is 35.1 Å². The summed E-state index contributed by atoms with van der Waals surface area (Å²) in [4.78, 5) is 15.2. The summed E-state index contributed by atoms with van der Waals surface area (Å²) in [5, 5.41) is 0.356. The lowest BCUT2D eigenvalue weighted by molar-refractivity contribution is 0.0954. The van der Waals surface area contributed by atoms with Crippen molar-refractivity contribution in [1.82, 2.24) is 9.62 Å². The third kappa shape index (κ3) is 7.45. The van der Waals surface area contributed by atoms with Crippen LogP contribution in [0.25, 0.3) is 0 Å². The molecule has 0 fully saturated rings. The first-order chi connectivity index (χ1) is 17.8. The van der Waals surface area contributed by atoms with Crippen molar-refractivity contribution in [2.45, 2.75) is 22.9 Å². The van der Waals surface area contributed by atoms with Gasteiger partial charge in [0.2, 0.25) is 0 Å². The van der Waals surface area contributed by atoms with Crippen molar-refractivity contribution in [3.05, 3.63) is 119 Å². The Morgan fingerprint density at radius 3 is 2.38 bits per heavy atom. The van der Waals surface area contributed by atoms with Crippen LogP contribution in [0.3, 0.4) is 0 Å². The molecule has 37 heavy (non-hydrogen) atoms. The van der Waals surface area contributed by atoms with E-state index in [1.54, 1.807) is 36.0 Å². The zero-order valence-electron chi connectivity index (χ0n) is 19.6. The maximum atomic E-state index is 14.5. The minimum Gasteiger partial charge on any atom is -0.459 e. The van der Waals surface area contributed by atoms with Gasteiger partial charge in [-0.3, -0.25) is 9.69 Å². The number of carbonyl (C=O) groups excluding carboxylic acids is 1. The second-order valence-corrected chi connectivity index (χ2v) is 11.4. The summed E-state index contributed by atoms with van der Waals surface area (Å²) < 4.78 is 46.7. The molecular formula is C27H24ClFN2O4S2. The molecule has 0 saturated carbocycles. The average Bonchev–Trinajstić information content (AvgIpc) is 3.42. The topological polar surface area (TPSA) is 79.6 Å². The number of hydrogen-bond acceptors (Lipinski definition) is 6. The predicted molar refractivity (Wildman–Crippen MR) is 142 cm³/mol. The van der Waals surface area contributed by atoms with Crippen LogP contribution in [0.1, 0.15) is 21.7 Å². The summed E-state index contributed by atoms with van der Waals surface area (Å²) in [6, 6.07) is 23.7. The lowest BCUT2D eigenvalue weighted by Crippen LogP contribution is -2.30. The molecule has 1 N–H and O–H groups in total. The monoisotopic (exact) mass is 558 g/mol. The van der Waals surface area contributed by atoms with E-state index in [1.165, 1.54) is 36.6 Å². The number of hydrogen-bond donors (Lipinski definition) is 1. The summed E-state index contributed by atoms with van der Waals surface area (Å²) in [6.07, 6.45) is 1.29. The molecule has 192 valence electrons. The Bertz CT molecular complexity index is 1410. The molecule has 1 aromatic heterocycles. The number of halogens is 2. The quantitative estimate of drug-likeness (QED) is 0.228. The number of nitrogens with one attached hydrogen (secondary N) is 1. The molecule has 0 saturated heterocycles. The number of rotatable bonds is 11. The minimum absolute atomic E-state index is 0.0560. The lowest BCUT2D eigenvalue weighted by Gasteiger charge is -2.23. The summed E-state index contributed by atoms with van der Waals surface area (Å²) in [5.74, 6) is -0.558. The average molecular weight is 559 g/mol. The van der Waals surface area contributed by atoms with Gasteiger partial charge < -0.3 is 4.42 Å². The van der Waals surface area contributed by atoms with Crippen LogP contribution in [0.15, 0.2) is 105 Å². The maximum Gasteiger partial charge on any atom is 0.300 e.